The third-order valence-electron chi connectivity index (χ3n) is 6.30. The number of Topliss-reactive ketones (excluding diaryl/α,β-unsaturated/α-hetero) is 1. The highest BCUT2D eigenvalue weighted by Gasteiger charge is 2.36. The average molecular weight is 494 g/mol. The first-order valence-electron chi connectivity index (χ1n) is 11.2. The van der Waals surface area contributed by atoms with Gasteiger partial charge in [0.15, 0.2) is 12.6 Å². The van der Waals surface area contributed by atoms with Crippen LogP contribution in [-0.4, -0.2) is 24.2 Å². The molecule has 0 fully saturated rings. The van der Waals surface area contributed by atoms with Crippen LogP contribution in [0.1, 0.15) is 38.2 Å². The van der Waals surface area contributed by atoms with Crippen molar-refractivity contribution < 1.29 is 28.1 Å². The van der Waals surface area contributed by atoms with Gasteiger partial charge in [-0.15, -0.1) is 0 Å². The fourth-order valence-corrected chi connectivity index (χ4v) is 4.93. The zero-order valence-corrected chi connectivity index (χ0v) is 19.7. The number of ketones is 1. The summed E-state index contributed by atoms with van der Waals surface area (Å²) in [5, 5.41) is 0.519. The Balaban J connectivity index is 1.33. The van der Waals surface area contributed by atoms with Gasteiger partial charge >= 0.3 is 0 Å². The Morgan fingerprint density at radius 1 is 1.11 bits per heavy atom. The number of hydrogen-bond donors (Lipinski definition) is 0. The fourth-order valence-electron chi connectivity index (χ4n) is 4.68. The van der Waals surface area contributed by atoms with Crippen molar-refractivity contribution in [1.29, 1.82) is 0 Å². The topological polar surface area (TPSA) is 57.2 Å². The number of benzene rings is 3. The molecule has 178 valence electrons. The lowest BCUT2D eigenvalue weighted by atomic mass is 9.98. The van der Waals surface area contributed by atoms with Crippen molar-refractivity contribution in [2.75, 3.05) is 13.5 Å². The van der Waals surface area contributed by atoms with Gasteiger partial charge in [0.2, 0.25) is 5.78 Å². The van der Waals surface area contributed by atoms with Gasteiger partial charge in [-0.3, -0.25) is 9.69 Å². The van der Waals surface area contributed by atoms with Gasteiger partial charge in [-0.2, -0.15) is 0 Å². The van der Waals surface area contributed by atoms with Gasteiger partial charge in [-0.1, -0.05) is 23.7 Å². The van der Waals surface area contributed by atoms with Crippen molar-refractivity contribution in [2.24, 2.45) is 0 Å². The molecule has 3 heterocycles. The molecule has 0 unspecified atom stereocenters. The summed E-state index contributed by atoms with van der Waals surface area (Å²) < 4.78 is 36.5. The molecular weight excluding hydrogens is 473 g/mol. The molecule has 3 aliphatic heterocycles. The third kappa shape index (κ3) is 4.05. The number of carbonyl (C=O) groups excluding carboxylic acids is 1. The van der Waals surface area contributed by atoms with Crippen LogP contribution in [0, 0.1) is 12.7 Å². The first-order chi connectivity index (χ1) is 17.0. The van der Waals surface area contributed by atoms with Crippen molar-refractivity contribution in [2.45, 2.75) is 26.6 Å². The highest BCUT2D eigenvalue weighted by Crippen LogP contribution is 2.45. The van der Waals surface area contributed by atoms with Crippen LogP contribution in [0.15, 0.2) is 48.2 Å². The summed E-state index contributed by atoms with van der Waals surface area (Å²) in [6.07, 6.45) is 1.67. The minimum absolute atomic E-state index is 0.133. The van der Waals surface area contributed by atoms with E-state index in [2.05, 4.69) is 4.90 Å². The van der Waals surface area contributed by atoms with Crippen molar-refractivity contribution >= 4 is 23.5 Å². The highest BCUT2D eigenvalue weighted by molar-refractivity contribution is 6.31. The number of carbonyl (C=O) groups is 1. The van der Waals surface area contributed by atoms with Gasteiger partial charge in [-0.05, 0) is 54.5 Å². The van der Waals surface area contributed by atoms with Gasteiger partial charge in [-0.25, -0.2) is 4.39 Å². The smallest absolute Gasteiger partial charge is 0.232 e. The molecule has 35 heavy (non-hydrogen) atoms. The quantitative estimate of drug-likeness (QED) is 0.441. The van der Waals surface area contributed by atoms with Crippen LogP contribution < -0.4 is 14.2 Å². The predicted molar refractivity (Wildman–Crippen MR) is 127 cm³/mol. The summed E-state index contributed by atoms with van der Waals surface area (Å²) in [5.74, 6) is 1.58. The largest absolute Gasteiger partial charge is 0.478 e. The Morgan fingerprint density at radius 3 is 2.77 bits per heavy atom. The summed E-state index contributed by atoms with van der Waals surface area (Å²) in [5.41, 5.74) is 4.58. The lowest BCUT2D eigenvalue weighted by Crippen LogP contribution is -2.31. The summed E-state index contributed by atoms with van der Waals surface area (Å²) in [6, 6.07) is 11.8. The molecule has 8 heteroatoms. The molecule has 3 aliphatic rings. The first-order valence-corrected chi connectivity index (χ1v) is 11.6. The van der Waals surface area contributed by atoms with Crippen LogP contribution in [-0.2, 0) is 24.4 Å². The number of nitrogens with zero attached hydrogens (tertiary/aromatic N) is 1. The zero-order valence-electron chi connectivity index (χ0n) is 18.9. The van der Waals surface area contributed by atoms with Crippen LogP contribution in [0.2, 0.25) is 5.02 Å². The van der Waals surface area contributed by atoms with Crippen LogP contribution in [0.25, 0.3) is 6.08 Å². The maximum absolute atomic E-state index is 13.4. The molecule has 0 bridgehead atoms. The molecule has 6 nitrogen and oxygen atoms in total. The van der Waals surface area contributed by atoms with Crippen LogP contribution in [0.3, 0.4) is 0 Å². The van der Waals surface area contributed by atoms with Gasteiger partial charge < -0.3 is 18.9 Å². The highest BCUT2D eigenvalue weighted by atomic mass is 35.5. The number of fused-ring (bicyclic) bond motifs is 4. The Hall–Kier alpha value is -3.39. The number of rotatable bonds is 3. The summed E-state index contributed by atoms with van der Waals surface area (Å²) in [6.45, 7) is 3.88. The fraction of sp³-hybridized carbons (Fsp3) is 0.222. The molecule has 0 saturated heterocycles. The van der Waals surface area contributed by atoms with E-state index >= 15 is 0 Å². The molecule has 0 spiro atoms. The number of hydrogen-bond acceptors (Lipinski definition) is 6. The molecule has 0 radical (unpaired) electrons. The van der Waals surface area contributed by atoms with Gasteiger partial charge in [0.05, 0.1) is 17.7 Å². The van der Waals surface area contributed by atoms with Crippen molar-refractivity contribution in [3.63, 3.8) is 0 Å². The van der Waals surface area contributed by atoms with E-state index in [0.29, 0.717) is 59.8 Å². The minimum Gasteiger partial charge on any atom is -0.478 e. The van der Waals surface area contributed by atoms with Gasteiger partial charge in [0.25, 0.3) is 0 Å². The van der Waals surface area contributed by atoms with Crippen molar-refractivity contribution in [3.8, 4) is 17.2 Å². The molecular formula is C27H21ClFNO5. The Kier molecular flexibility index (Phi) is 5.48. The maximum atomic E-state index is 13.4. The van der Waals surface area contributed by atoms with E-state index in [1.54, 1.807) is 30.3 Å². The van der Waals surface area contributed by atoms with E-state index < -0.39 is 0 Å². The molecule has 3 aromatic carbocycles. The molecule has 0 N–H and O–H groups in total. The van der Waals surface area contributed by atoms with Crippen LogP contribution >= 0.6 is 11.6 Å². The average Bonchev–Trinajstić information content (AvgIpc) is 3.17. The molecule has 0 saturated carbocycles. The molecule has 3 aromatic rings. The number of allylic oxidation sites excluding steroid dienone is 1. The lowest BCUT2D eigenvalue weighted by Gasteiger charge is -2.30. The zero-order chi connectivity index (χ0) is 24.1. The second kappa shape index (κ2) is 8.68. The van der Waals surface area contributed by atoms with E-state index in [1.165, 1.54) is 12.1 Å². The van der Waals surface area contributed by atoms with E-state index in [0.717, 1.165) is 22.3 Å². The second-order valence-electron chi connectivity index (χ2n) is 8.79. The van der Waals surface area contributed by atoms with Crippen molar-refractivity contribution in [3.05, 3.63) is 92.4 Å². The standard InChI is InChI=1S/C27H21ClFNO5/c1-15-6-22-21(11-30(13-33-22)10-16-2-4-20(29)5-3-16)27-24(15)25(31)23(35-27)9-17-7-19(28)8-18-12-32-14-34-26(17)18/h2-9H,10-14H2,1H3/b23-9-. The number of aryl methyl sites for hydroxylation is 1. The van der Waals surface area contributed by atoms with Gasteiger partial charge in [0.1, 0.15) is 29.8 Å². The summed E-state index contributed by atoms with van der Waals surface area (Å²) in [7, 11) is 0. The summed E-state index contributed by atoms with van der Waals surface area (Å²) in [4.78, 5) is 15.5. The molecule has 0 aliphatic carbocycles. The van der Waals surface area contributed by atoms with Crippen LogP contribution in [0.4, 0.5) is 4.39 Å². The van der Waals surface area contributed by atoms with E-state index in [1.807, 2.05) is 13.0 Å². The monoisotopic (exact) mass is 493 g/mol. The normalized spacial score (nSPS) is 17.8. The van der Waals surface area contributed by atoms with E-state index in [-0.39, 0.29) is 24.2 Å². The Labute approximate surface area is 206 Å². The molecule has 6 rings (SSSR count). The maximum Gasteiger partial charge on any atom is 0.232 e. The minimum atomic E-state index is -0.271. The lowest BCUT2D eigenvalue weighted by molar-refractivity contribution is -0.0165. The first kappa shape index (κ1) is 22.1. The Morgan fingerprint density at radius 2 is 1.94 bits per heavy atom. The molecule has 0 atom stereocenters. The SMILES string of the molecule is Cc1cc2c(c3c1C(=O)/C(=C/c1cc(Cl)cc4c1OCOC4)O3)CN(Cc1ccc(F)cc1)CO2. The number of halogens is 2. The van der Waals surface area contributed by atoms with E-state index in [9.17, 15) is 9.18 Å². The second-order valence-corrected chi connectivity index (χ2v) is 9.23. The molecule has 0 aromatic heterocycles. The van der Waals surface area contributed by atoms with E-state index in [4.69, 9.17) is 30.5 Å². The van der Waals surface area contributed by atoms with Crippen molar-refractivity contribution in [1.82, 2.24) is 4.90 Å². The van der Waals surface area contributed by atoms with Gasteiger partial charge in [0, 0.05) is 29.2 Å². The third-order valence-corrected chi connectivity index (χ3v) is 6.52. The number of ether oxygens (including phenoxy) is 4. The molecule has 0 amide bonds. The van der Waals surface area contributed by atoms with Crippen LogP contribution in [0.5, 0.6) is 17.2 Å². The Bertz CT molecular complexity index is 1390. The predicted octanol–water partition coefficient (Wildman–Crippen LogP) is 5.62. The summed E-state index contributed by atoms with van der Waals surface area (Å²) >= 11 is 6.30.